The SMILES string of the molecule is Nc1ccc2nc(S(=O)(=O)CCSC(F)(F)F)[nH]c2c1. The van der Waals surface area contributed by atoms with E-state index in [4.69, 9.17) is 5.73 Å². The Labute approximate surface area is 116 Å². The summed E-state index contributed by atoms with van der Waals surface area (Å²) in [5, 5.41) is -0.346. The number of fused-ring (bicyclic) bond motifs is 1. The Bertz CT molecular complexity index is 725. The molecule has 0 saturated heterocycles. The number of thioether (sulfide) groups is 1. The molecule has 0 aliphatic heterocycles. The molecule has 0 amide bonds. The van der Waals surface area contributed by atoms with Crippen molar-refractivity contribution in [3.63, 3.8) is 0 Å². The van der Waals surface area contributed by atoms with E-state index >= 15 is 0 Å². The lowest BCUT2D eigenvalue weighted by atomic mass is 10.3. The summed E-state index contributed by atoms with van der Waals surface area (Å²) in [6.45, 7) is 0. The van der Waals surface area contributed by atoms with Gasteiger partial charge in [-0.15, -0.1) is 0 Å². The molecule has 0 spiro atoms. The van der Waals surface area contributed by atoms with Crippen molar-refractivity contribution in [1.29, 1.82) is 0 Å². The topological polar surface area (TPSA) is 88.8 Å². The van der Waals surface area contributed by atoms with Gasteiger partial charge in [-0.25, -0.2) is 13.4 Å². The smallest absolute Gasteiger partial charge is 0.399 e. The van der Waals surface area contributed by atoms with E-state index in [0.717, 1.165) is 0 Å². The van der Waals surface area contributed by atoms with Crippen molar-refractivity contribution in [2.75, 3.05) is 17.2 Å². The number of nitrogens with two attached hydrogens (primary N) is 1. The number of nitrogens with one attached hydrogen (secondary N) is 1. The van der Waals surface area contributed by atoms with Crippen molar-refractivity contribution in [3.05, 3.63) is 18.2 Å². The van der Waals surface area contributed by atoms with Crippen LogP contribution in [0.4, 0.5) is 18.9 Å². The second kappa shape index (κ2) is 5.17. The number of imidazole rings is 1. The molecule has 1 aromatic carbocycles. The quantitative estimate of drug-likeness (QED) is 0.841. The minimum atomic E-state index is -4.45. The highest BCUT2D eigenvalue weighted by atomic mass is 32.2. The summed E-state index contributed by atoms with van der Waals surface area (Å²) in [7, 11) is -3.89. The van der Waals surface area contributed by atoms with Gasteiger partial charge in [0.25, 0.3) is 0 Å². The summed E-state index contributed by atoms with van der Waals surface area (Å²) >= 11 is -0.376. The molecule has 0 atom stereocenters. The summed E-state index contributed by atoms with van der Waals surface area (Å²) in [5.74, 6) is -1.22. The molecule has 0 fully saturated rings. The van der Waals surface area contributed by atoms with Gasteiger partial charge < -0.3 is 10.7 Å². The van der Waals surface area contributed by atoms with Crippen LogP contribution in [-0.2, 0) is 9.84 Å². The first-order valence-electron chi connectivity index (χ1n) is 5.36. The van der Waals surface area contributed by atoms with Crippen LogP contribution in [-0.4, -0.2) is 35.4 Å². The van der Waals surface area contributed by atoms with Crippen LogP contribution < -0.4 is 5.73 Å². The maximum atomic E-state index is 12.0. The van der Waals surface area contributed by atoms with E-state index in [1.165, 1.54) is 12.1 Å². The first-order chi connectivity index (χ1) is 9.17. The Morgan fingerprint density at radius 3 is 2.70 bits per heavy atom. The zero-order valence-corrected chi connectivity index (χ0v) is 11.6. The van der Waals surface area contributed by atoms with Crippen LogP contribution in [0, 0.1) is 0 Å². The minimum absolute atomic E-state index is 0.346. The van der Waals surface area contributed by atoms with E-state index in [0.29, 0.717) is 16.7 Å². The number of anilines is 1. The van der Waals surface area contributed by atoms with Crippen molar-refractivity contribution in [1.82, 2.24) is 9.97 Å². The molecule has 10 heteroatoms. The van der Waals surface area contributed by atoms with E-state index in [9.17, 15) is 21.6 Å². The molecule has 0 aliphatic carbocycles. The van der Waals surface area contributed by atoms with Gasteiger partial charge >= 0.3 is 5.51 Å². The average molecular weight is 325 g/mol. The third kappa shape index (κ3) is 3.57. The predicted molar refractivity (Wildman–Crippen MR) is 71.1 cm³/mol. The van der Waals surface area contributed by atoms with Crippen molar-refractivity contribution in [2.45, 2.75) is 10.7 Å². The van der Waals surface area contributed by atoms with Crippen LogP contribution in [0.3, 0.4) is 0 Å². The van der Waals surface area contributed by atoms with Gasteiger partial charge in [0.15, 0.2) is 0 Å². The van der Waals surface area contributed by atoms with Crippen LogP contribution in [0.15, 0.2) is 23.4 Å². The number of rotatable bonds is 4. The summed E-state index contributed by atoms with van der Waals surface area (Å²) < 4.78 is 59.7. The number of H-pyrrole nitrogens is 1. The molecule has 5 nitrogen and oxygen atoms in total. The second-order valence-electron chi connectivity index (χ2n) is 3.93. The zero-order chi connectivity index (χ0) is 15.0. The van der Waals surface area contributed by atoms with Gasteiger partial charge in [0.1, 0.15) is 0 Å². The van der Waals surface area contributed by atoms with E-state index in [-0.39, 0.29) is 16.9 Å². The van der Waals surface area contributed by atoms with Crippen LogP contribution in [0.5, 0.6) is 0 Å². The van der Waals surface area contributed by atoms with Crippen molar-refractivity contribution in [2.24, 2.45) is 0 Å². The number of aromatic nitrogens is 2. The highest BCUT2D eigenvalue weighted by Crippen LogP contribution is 2.30. The third-order valence-corrected chi connectivity index (χ3v) is 4.91. The van der Waals surface area contributed by atoms with E-state index in [1.54, 1.807) is 6.07 Å². The van der Waals surface area contributed by atoms with Crippen molar-refractivity contribution < 1.29 is 21.6 Å². The average Bonchev–Trinajstić information content (AvgIpc) is 2.70. The lowest BCUT2D eigenvalue weighted by Crippen LogP contribution is -2.13. The molecule has 1 aromatic heterocycles. The molecule has 0 saturated carbocycles. The Hall–Kier alpha value is -1.42. The number of nitrogens with zero attached hydrogens (tertiary/aromatic N) is 1. The number of halogens is 3. The molecule has 110 valence electrons. The second-order valence-corrected chi connectivity index (χ2v) is 7.12. The molecular formula is C10H10F3N3O2S2. The number of hydrogen-bond donors (Lipinski definition) is 2. The van der Waals surface area contributed by atoms with Crippen molar-refractivity contribution >= 4 is 38.3 Å². The van der Waals surface area contributed by atoms with Gasteiger partial charge in [0.05, 0.1) is 16.8 Å². The maximum Gasteiger partial charge on any atom is 0.441 e. The fourth-order valence-corrected chi connectivity index (χ4v) is 3.65. The lowest BCUT2D eigenvalue weighted by Gasteiger charge is -2.04. The fraction of sp³-hybridized carbons (Fsp3) is 0.300. The number of benzene rings is 1. The molecule has 1 heterocycles. The Balaban J connectivity index is 2.19. The van der Waals surface area contributed by atoms with Crippen LogP contribution >= 0.6 is 11.8 Å². The Morgan fingerprint density at radius 2 is 2.05 bits per heavy atom. The molecule has 3 N–H and O–H groups in total. The van der Waals surface area contributed by atoms with E-state index in [1.807, 2.05) is 0 Å². The van der Waals surface area contributed by atoms with E-state index in [2.05, 4.69) is 9.97 Å². The van der Waals surface area contributed by atoms with Crippen LogP contribution in [0.2, 0.25) is 0 Å². The van der Waals surface area contributed by atoms with Gasteiger partial charge in [-0.3, -0.25) is 0 Å². The highest BCUT2D eigenvalue weighted by molar-refractivity contribution is 8.01. The molecule has 2 aromatic rings. The monoisotopic (exact) mass is 325 g/mol. The van der Waals surface area contributed by atoms with Crippen LogP contribution in [0.1, 0.15) is 0 Å². The normalized spacial score (nSPS) is 12.9. The Kier molecular flexibility index (Phi) is 3.87. The van der Waals surface area contributed by atoms with Gasteiger partial charge in [-0.1, -0.05) is 0 Å². The van der Waals surface area contributed by atoms with E-state index < -0.39 is 26.9 Å². The number of aromatic amines is 1. The largest absolute Gasteiger partial charge is 0.441 e. The minimum Gasteiger partial charge on any atom is -0.399 e. The summed E-state index contributed by atoms with van der Waals surface area (Å²) in [4.78, 5) is 6.41. The third-order valence-electron chi connectivity index (χ3n) is 2.40. The van der Waals surface area contributed by atoms with Crippen LogP contribution in [0.25, 0.3) is 11.0 Å². The van der Waals surface area contributed by atoms with Crippen molar-refractivity contribution in [3.8, 4) is 0 Å². The first-order valence-corrected chi connectivity index (χ1v) is 8.00. The number of sulfone groups is 1. The molecule has 2 rings (SSSR count). The first kappa shape index (κ1) is 15.0. The standard InChI is InChI=1S/C10H10F3N3O2S2/c11-10(12,13)19-3-4-20(17,18)9-15-7-2-1-6(14)5-8(7)16-9/h1-2,5H,3-4,14H2,(H,15,16). The van der Waals surface area contributed by atoms with Gasteiger partial charge in [-0.2, -0.15) is 13.2 Å². The fourth-order valence-electron chi connectivity index (χ4n) is 1.51. The maximum absolute atomic E-state index is 12.0. The number of hydrogen-bond acceptors (Lipinski definition) is 5. The summed E-state index contributed by atoms with van der Waals surface area (Å²) in [6.07, 6.45) is 0. The zero-order valence-electron chi connectivity index (χ0n) is 9.94. The van der Waals surface area contributed by atoms with Gasteiger partial charge in [0.2, 0.25) is 15.0 Å². The summed E-state index contributed by atoms with van der Waals surface area (Å²) in [6, 6.07) is 4.59. The highest BCUT2D eigenvalue weighted by Gasteiger charge is 2.29. The summed E-state index contributed by atoms with van der Waals surface area (Å²) in [5.41, 5.74) is 2.34. The Morgan fingerprint density at radius 1 is 1.35 bits per heavy atom. The predicted octanol–water partition coefficient (Wildman–Crippen LogP) is 2.17. The molecule has 0 radical (unpaired) electrons. The number of alkyl halides is 3. The molecular weight excluding hydrogens is 315 g/mol. The molecule has 0 unspecified atom stereocenters. The van der Waals surface area contributed by atoms with Gasteiger partial charge in [0, 0.05) is 11.4 Å². The molecule has 0 aliphatic rings. The van der Waals surface area contributed by atoms with Gasteiger partial charge in [-0.05, 0) is 30.0 Å². The lowest BCUT2D eigenvalue weighted by molar-refractivity contribution is -0.0326. The number of nitrogen functional groups attached to an aromatic ring is 1. The molecule has 20 heavy (non-hydrogen) atoms. The molecule has 0 bridgehead atoms.